The molecule has 1 aromatic carbocycles. The van der Waals surface area contributed by atoms with Crippen molar-refractivity contribution < 1.29 is 14.4 Å². The van der Waals surface area contributed by atoms with Crippen LogP contribution in [-0.4, -0.2) is 35.2 Å². The van der Waals surface area contributed by atoms with Gasteiger partial charge in [0, 0.05) is 30.2 Å². The SMILES string of the molecule is CC(C)(C)C[C@H](CC(=O)c1cc2cccc(Cl)c2[nH]1)C(=O)N[C@H](C#N)C[C@@H]1CCNC1=O. The van der Waals surface area contributed by atoms with Gasteiger partial charge in [0.05, 0.1) is 22.3 Å². The third-order valence-electron chi connectivity index (χ3n) is 5.72. The zero-order chi connectivity index (χ0) is 23.5. The Kier molecular flexibility index (Phi) is 7.25. The summed E-state index contributed by atoms with van der Waals surface area (Å²) in [5.74, 6) is -1.49. The summed E-state index contributed by atoms with van der Waals surface area (Å²) in [4.78, 5) is 41.0. The van der Waals surface area contributed by atoms with E-state index in [1.54, 1.807) is 12.1 Å². The summed E-state index contributed by atoms with van der Waals surface area (Å²) in [6.07, 6.45) is 1.41. The molecule has 0 aliphatic carbocycles. The maximum Gasteiger partial charge on any atom is 0.224 e. The number of para-hydroxylation sites is 1. The summed E-state index contributed by atoms with van der Waals surface area (Å²) in [6.45, 7) is 6.60. The van der Waals surface area contributed by atoms with E-state index in [1.807, 2.05) is 32.9 Å². The van der Waals surface area contributed by atoms with Gasteiger partial charge in [0.1, 0.15) is 6.04 Å². The number of carbonyl (C=O) groups is 3. The molecule has 1 aliphatic rings. The zero-order valence-electron chi connectivity index (χ0n) is 18.6. The Morgan fingerprint density at radius 2 is 2.09 bits per heavy atom. The molecular weight excluding hydrogens is 428 g/mol. The van der Waals surface area contributed by atoms with Crippen molar-refractivity contribution in [3.05, 3.63) is 35.0 Å². The predicted octanol–water partition coefficient (Wildman–Crippen LogP) is 3.98. The lowest BCUT2D eigenvalue weighted by Crippen LogP contribution is -2.41. The first-order chi connectivity index (χ1) is 15.1. The van der Waals surface area contributed by atoms with Crippen molar-refractivity contribution in [1.29, 1.82) is 5.26 Å². The molecule has 0 bridgehead atoms. The Labute approximate surface area is 192 Å². The topological polar surface area (TPSA) is 115 Å². The Morgan fingerprint density at radius 1 is 1.34 bits per heavy atom. The number of rotatable bonds is 8. The van der Waals surface area contributed by atoms with E-state index in [4.69, 9.17) is 11.6 Å². The van der Waals surface area contributed by atoms with Crippen molar-refractivity contribution in [3.8, 4) is 6.07 Å². The molecule has 2 aromatic rings. The molecule has 3 atom stereocenters. The largest absolute Gasteiger partial charge is 0.356 e. The van der Waals surface area contributed by atoms with Gasteiger partial charge >= 0.3 is 0 Å². The molecule has 1 saturated heterocycles. The summed E-state index contributed by atoms with van der Waals surface area (Å²) in [5.41, 5.74) is 0.896. The monoisotopic (exact) mass is 456 g/mol. The van der Waals surface area contributed by atoms with Crippen molar-refractivity contribution in [1.82, 2.24) is 15.6 Å². The molecule has 0 saturated carbocycles. The highest BCUT2D eigenvalue weighted by Gasteiger charge is 2.32. The van der Waals surface area contributed by atoms with Crippen LogP contribution in [0.3, 0.4) is 0 Å². The average Bonchev–Trinajstić information content (AvgIpc) is 3.33. The predicted molar refractivity (Wildman–Crippen MR) is 123 cm³/mol. The molecule has 32 heavy (non-hydrogen) atoms. The van der Waals surface area contributed by atoms with Gasteiger partial charge in [-0.25, -0.2) is 0 Å². The standard InChI is InChI=1S/C24H29ClN4O3/c1-24(2,3)12-16(23(32)28-17(13-26)9-15-7-8-27-22(15)31)11-20(30)19-10-14-5-4-6-18(25)21(14)29-19/h4-6,10,15-17,29H,7-9,11-12H2,1-3H3,(H,27,31)(H,28,32)/t15-,16-,17-/m0/s1. The molecule has 2 heterocycles. The first kappa shape index (κ1) is 23.8. The van der Waals surface area contributed by atoms with Crippen LogP contribution in [0.1, 0.15) is 56.9 Å². The molecule has 0 unspecified atom stereocenters. The van der Waals surface area contributed by atoms with Crippen molar-refractivity contribution in [2.45, 2.75) is 52.5 Å². The number of carbonyl (C=O) groups excluding carboxylic acids is 3. The minimum atomic E-state index is -0.777. The minimum absolute atomic E-state index is 0.00953. The van der Waals surface area contributed by atoms with Gasteiger partial charge in [0.15, 0.2) is 5.78 Å². The number of hydrogen-bond acceptors (Lipinski definition) is 4. The van der Waals surface area contributed by atoms with Gasteiger partial charge in [-0.3, -0.25) is 14.4 Å². The molecule has 8 heteroatoms. The number of aromatic nitrogens is 1. The lowest BCUT2D eigenvalue weighted by molar-refractivity contribution is -0.127. The Bertz CT molecular complexity index is 1060. The van der Waals surface area contributed by atoms with Crippen LogP contribution in [0.5, 0.6) is 0 Å². The maximum atomic E-state index is 13.1. The number of benzene rings is 1. The van der Waals surface area contributed by atoms with E-state index >= 15 is 0 Å². The number of fused-ring (bicyclic) bond motifs is 1. The number of hydrogen-bond donors (Lipinski definition) is 3. The van der Waals surface area contributed by atoms with E-state index in [1.165, 1.54) is 0 Å². The van der Waals surface area contributed by atoms with Gasteiger partial charge < -0.3 is 15.6 Å². The number of amides is 2. The molecule has 2 amide bonds. The molecule has 0 spiro atoms. The van der Waals surface area contributed by atoms with Gasteiger partial charge in [0.2, 0.25) is 11.8 Å². The highest BCUT2D eigenvalue weighted by Crippen LogP contribution is 2.29. The summed E-state index contributed by atoms with van der Waals surface area (Å²) in [5, 5.41) is 16.4. The Balaban J connectivity index is 1.73. The van der Waals surface area contributed by atoms with E-state index < -0.39 is 12.0 Å². The van der Waals surface area contributed by atoms with Crippen LogP contribution in [0.2, 0.25) is 5.02 Å². The van der Waals surface area contributed by atoms with Crippen LogP contribution >= 0.6 is 11.6 Å². The van der Waals surface area contributed by atoms with Gasteiger partial charge in [-0.15, -0.1) is 0 Å². The number of nitrogens with zero attached hydrogens (tertiary/aromatic N) is 1. The normalized spacial score (nSPS) is 18.1. The fourth-order valence-corrected chi connectivity index (χ4v) is 4.42. The maximum absolute atomic E-state index is 13.1. The number of nitriles is 1. The third kappa shape index (κ3) is 5.89. The van der Waals surface area contributed by atoms with E-state index in [0.717, 1.165) is 5.39 Å². The summed E-state index contributed by atoms with van der Waals surface area (Å²) < 4.78 is 0. The fraction of sp³-hybridized carbons (Fsp3) is 0.500. The number of ketones is 1. The van der Waals surface area contributed by atoms with Crippen molar-refractivity contribution >= 4 is 40.1 Å². The number of nitrogens with one attached hydrogen (secondary N) is 3. The van der Waals surface area contributed by atoms with Crippen molar-refractivity contribution in [3.63, 3.8) is 0 Å². The molecule has 7 nitrogen and oxygen atoms in total. The fourth-order valence-electron chi connectivity index (χ4n) is 4.19. The molecule has 3 N–H and O–H groups in total. The van der Waals surface area contributed by atoms with E-state index in [2.05, 4.69) is 21.7 Å². The summed E-state index contributed by atoms with van der Waals surface area (Å²) in [6, 6.07) is 8.48. The molecule has 1 aliphatic heterocycles. The van der Waals surface area contributed by atoms with Crippen LogP contribution in [0, 0.1) is 28.6 Å². The van der Waals surface area contributed by atoms with Crippen molar-refractivity contribution in [2.75, 3.05) is 6.54 Å². The second kappa shape index (κ2) is 9.74. The summed E-state index contributed by atoms with van der Waals surface area (Å²) in [7, 11) is 0. The van der Waals surface area contributed by atoms with E-state index in [-0.39, 0.29) is 41.8 Å². The minimum Gasteiger partial charge on any atom is -0.356 e. The average molecular weight is 457 g/mol. The van der Waals surface area contributed by atoms with Crippen LogP contribution in [0.25, 0.3) is 10.9 Å². The van der Waals surface area contributed by atoms with Crippen LogP contribution in [0.15, 0.2) is 24.3 Å². The quantitative estimate of drug-likeness (QED) is 0.521. The molecule has 3 rings (SSSR count). The molecular formula is C24H29ClN4O3. The third-order valence-corrected chi connectivity index (χ3v) is 6.04. The number of Topliss-reactive ketones (excluding diaryl/α,β-unsaturated/α-hetero) is 1. The molecule has 0 radical (unpaired) electrons. The van der Waals surface area contributed by atoms with Crippen molar-refractivity contribution in [2.24, 2.45) is 17.3 Å². The highest BCUT2D eigenvalue weighted by atomic mass is 35.5. The Hall–Kier alpha value is -2.85. The van der Waals surface area contributed by atoms with Crippen LogP contribution in [0.4, 0.5) is 0 Å². The van der Waals surface area contributed by atoms with Crippen LogP contribution < -0.4 is 10.6 Å². The molecule has 1 fully saturated rings. The first-order valence-electron chi connectivity index (χ1n) is 10.9. The summed E-state index contributed by atoms with van der Waals surface area (Å²) >= 11 is 6.21. The highest BCUT2D eigenvalue weighted by molar-refractivity contribution is 6.35. The number of H-pyrrole nitrogens is 1. The zero-order valence-corrected chi connectivity index (χ0v) is 19.4. The van der Waals surface area contributed by atoms with E-state index in [0.29, 0.717) is 35.6 Å². The lowest BCUT2D eigenvalue weighted by Gasteiger charge is -2.26. The van der Waals surface area contributed by atoms with Gasteiger partial charge in [-0.1, -0.05) is 44.5 Å². The smallest absolute Gasteiger partial charge is 0.224 e. The second-order valence-electron chi connectivity index (χ2n) is 9.68. The Morgan fingerprint density at radius 3 is 2.69 bits per heavy atom. The van der Waals surface area contributed by atoms with Crippen LogP contribution in [-0.2, 0) is 9.59 Å². The molecule has 170 valence electrons. The lowest BCUT2D eigenvalue weighted by atomic mass is 9.81. The van der Waals surface area contributed by atoms with E-state index in [9.17, 15) is 19.6 Å². The van der Waals surface area contributed by atoms with Gasteiger partial charge in [-0.05, 0) is 36.8 Å². The number of halogens is 1. The molecule has 1 aromatic heterocycles. The second-order valence-corrected chi connectivity index (χ2v) is 10.1. The first-order valence-corrected chi connectivity index (χ1v) is 11.2. The van der Waals surface area contributed by atoms with Gasteiger partial charge in [-0.2, -0.15) is 5.26 Å². The van der Waals surface area contributed by atoms with Gasteiger partial charge in [0.25, 0.3) is 0 Å². The number of aromatic amines is 1.